The summed E-state index contributed by atoms with van der Waals surface area (Å²) in [5.41, 5.74) is 5.33. The van der Waals surface area contributed by atoms with Crippen LogP contribution in [0.25, 0.3) is 32.9 Å². The first-order valence-electron chi connectivity index (χ1n) is 22.6. The third kappa shape index (κ3) is 8.07. The molecule has 2 aromatic heterocycles. The largest absolute Gasteiger partial charge is 0.472 e. The number of carbonyl (C=O) groups excluding carboxylic acids is 1. The molecule has 4 aromatic rings. The van der Waals surface area contributed by atoms with Crippen molar-refractivity contribution in [2.45, 2.75) is 147 Å². The Morgan fingerprint density at radius 3 is 2.39 bits per heavy atom. The summed E-state index contributed by atoms with van der Waals surface area (Å²) in [7, 11) is -0.401. The molecule has 4 aliphatic rings. The summed E-state index contributed by atoms with van der Waals surface area (Å²) in [5, 5.41) is 14.8. The fraction of sp³-hybridized carbons (Fsp3) is 0.562. The number of ether oxygens (including phenoxy) is 3. The topological polar surface area (TPSA) is 142 Å². The molecule has 2 amide bonds. The summed E-state index contributed by atoms with van der Waals surface area (Å²) in [5.74, 6) is 3.24. The van der Waals surface area contributed by atoms with Gasteiger partial charge in [-0.3, -0.25) is 15.1 Å². The molecule has 0 spiro atoms. The number of likely N-dealkylation sites (tertiary alicyclic amines) is 1. The number of likely N-dealkylation sites (N-methyl/N-ethyl adjacent to an activating group) is 1. The molecule has 0 aliphatic carbocycles. The molecule has 342 valence electrons. The van der Waals surface area contributed by atoms with Crippen LogP contribution < -0.4 is 19.7 Å². The number of carbonyl (C=O) groups is 2. The maximum atomic E-state index is 18.1. The number of nitrogens with zero attached hydrogens (tertiary/aromatic N) is 6. The lowest BCUT2D eigenvalue weighted by Gasteiger charge is -2.47. The molecule has 4 unspecified atom stereocenters. The molecule has 3 fully saturated rings. The maximum absolute atomic E-state index is 18.1. The Kier molecular flexibility index (Phi) is 12.0. The quantitative estimate of drug-likeness (QED) is 0.129. The number of fused-ring (bicyclic) bond motifs is 6. The molecule has 6 heterocycles. The lowest BCUT2D eigenvalue weighted by Crippen LogP contribution is -2.64. The number of carboxylic acid groups (broad SMARTS) is 1. The van der Waals surface area contributed by atoms with E-state index in [0.717, 1.165) is 0 Å². The molecular weight excluding hydrogens is 837 g/mol. The molecule has 2 N–H and O–H groups in total. The molecule has 0 radical (unpaired) electrons. The van der Waals surface area contributed by atoms with Crippen LogP contribution in [0.1, 0.15) is 94.1 Å². The molecular formula is C48H61F2N7O6Si. The van der Waals surface area contributed by atoms with Gasteiger partial charge in [-0.25, -0.2) is 23.4 Å². The van der Waals surface area contributed by atoms with Gasteiger partial charge in [0.2, 0.25) is 5.88 Å². The second kappa shape index (κ2) is 16.9. The van der Waals surface area contributed by atoms with Crippen LogP contribution in [0.15, 0.2) is 30.3 Å². The molecule has 6 atom stereocenters. The van der Waals surface area contributed by atoms with E-state index in [1.807, 2.05) is 48.0 Å². The van der Waals surface area contributed by atoms with Crippen LogP contribution in [0, 0.1) is 17.3 Å². The van der Waals surface area contributed by atoms with E-state index in [9.17, 15) is 19.1 Å². The van der Waals surface area contributed by atoms with Gasteiger partial charge in [-0.15, -0.1) is 5.54 Å². The zero-order valence-corrected chi connectivity index (χ0v) is 39.8. The lowest BCUT2D eigenvalue weighted by molar-refractivity contribution is 0.0634. The SMILES string of the molecule is CC1Oc2nc(-c3cc(NC(=O)OC(C)(C)C)cc4cccc(C#C[Si](C(C)C)(C(C)C)C(C)C)c34)c(F)c3nc(OC[C@@H]4C[C@@H](F)CN4C)nc(c23)N2CC3CCC(C12)N3C(=O)O. The average Bonchev–Trinajstić information content (AvgIpc) is 3.66. The Morgan fingerprint density at radius 2 is 1.75 bits per heavy atom. The first-order valence-corrected chi connectivity index (χ1v) is 24.8. The number of anilines is 2. The van der Waals surface area contributed by atoms with Gasteiger partial charge in [-0.2, -0.15) is 9.97 Å². The average molecular weight is 898 g/mol. The first-order chi connectivity index (χ1) is 30.2. The number of rotatable bonds is 8. The molecule has 16 heteroatoms. The number of alkyl halides is 1. The number of aromatic nitrogens is 3. The van der Waals surface area contributed by atoms with Crippen LogP contribution in [0.4, 0.5) is 29.9 Å². The van der Waals surface area contributed by atoms with Crippen molar-refractivity contribution in [1.29, 1.82) is 0 Å². The van der Waals surface area contributed by atoms with Crippen LogP contribution >= 0.6 is 0 Å². The minimum atomic E-state index is -2.23. The van der Waals surface area contributed by atoms with Crippen LogP contribution in [0.3, 0.4) is 0 Å². The minimum Gasteiger partial charge on any atom is -0.472 e. The van der Waals surface area contributed by atoms with Gasteiger partial charge in [0.1, 0.15) is 55.0 Å². The fourth-order valence-corrected chi connectivity index (χ4v) is 16.4. The summed E-state index contributed by atoms with van der Waals surface area (Å²) < 4.78 is 51.2. The van der Waals surface area contributed by atoms with Crippen molar-refractivity contribution in [1.82, 2.24) is 24.8 Å². The number of pyridine rings is 1. The van der Waals surface area contributed by atoms with Gasteiger partial charge < -0.3 is 24.2 Å². The van der Waals surface area contributed by atoms with E-state index in [1.165, 1.54) is 4.90 Å². The summed E-state index contributed by atoms with van der Waals surface area (Å²) >= 11 is 0. The van der Waals surface area contributed by atoms with E-state index in [1.54, 1.807) is 26.8 Å². The Hall–Kier alpha value is -5.27. The molecule has 3 saturated heterocycles. The highest BCUT2D eigenvalue weighted by Crippen LogP contribution is 2.48. The number of hydrogen-bond acceptors (Lipinski definition) is 10. The Balaban J connectivity index is 1.37. The number of hydrogen-bond donors (Lipinski definition) is 2. The maximum Gasteiger partial charge on any atom is 0.412 e. The van der Waals surface area contributed by atoms with Crippen LogP contribution in [0.2, 0.25) is 16.6 Å². The van der Waals surface area contributed by atoms with E-state index >= 15 is 4.39 Å². The van der Waals surface area contributed by atoms with Gasteiger partial charge in [0, 0.05) is 41.3 Å². The third-order valence-electron chi connectivity index (χ3n) is 13.9. The summed E-state index contributed by atoms with van der Waals surface area (Å²) in [6.07, 6.45) is -1.75. The van der Waals surface area contributed by atoms with Gasteiger partial charge in [0.25, 0.3) is 0 Å². The zero-order valence-electron chi connectivity index (χ0n) is 38.8. The Bertz CT molecular complexity index is 2540. The van der Waals surface area contributed by atoms with Gasteiger partial charge in [0.05, 0.1) is 18.1 Å². The van der Waals surface area contributed by atoms with Crippen molar-refractivity contribution >= 4 is 53.4 Å². The van der Waals surface area contributed by atoms with E-state index in [2.05, 4.69) is 58.3 Å². The second-order valence-electron chi connectivity index (χ2n) is 20.0. The normalized spacial score (nSPS) is 23.3. The first kappa shape index (κ1) is 45.3. The van der Waals surface area contributed by atoms with E-state index in [4.69, 9.17) is 29.2 Å². The molecule has 2 bridgehead atoms. The Labute approximate surface area is 375 Å². The zero-order chi connectivity index (χ0) is 46.2. The highest BCUT2D eigenvalue weighted by atomic mass is 28.3. The monoisotopic (exact) mass is 897 g/mol. The molecule has 2 aromatic carbocycles. The van der Waals surface area contributed by atoms with Crippen LogP contribution in [0.5, 0.6) is 11.9 Å². The van der Waals surface area contributed by atoms with Crippen LogP contribution in [-0.4, -0.2) is 119 Å². The second-order valence-corrected chi connectivity index (χ2v) is 25.6. The van der Waals surface area contributed by atoms with E-state index < -0.39 is 56.0 Å². The van der Waals surface area contributed by atoms with E-state index in [-0.39, 0.29) is 60.1 Å². The van der Waals surface area contributed by atoms with Gasteiger partial charge in [-0.05, 0) is 94.2 Å². The number of halogens is 2. The molecule has 13 nitrogen and oxygen atoms in total. The smallest absolute Gasteiger partial charge is 0.412 e. The lowest BCUT2D eigenvalue weighted by atomic mass is 9.95. The number of benzene rings is 2. The standard InChI is InChI=1S/C48H61F2N7O6Si/c1-25(2)64(26(3)4,27(5)6)18-17-29-13-12-14-30-19-32(51-46(58)63-48(8,9)10)21-35(37(29)30)40-39(50)41-38-43(54-45(53-41)61-24-34-20-31(49)22-55(34)11)56-23-33-15-16-36(57(33)47(59)60)42(56)28(7)62-44(38)52-40/h12-14,19,21,25-28,31,33-34,36,42H,15-16,20,22-24H2,1-11H3,(H,51,58)(H,59,60)/t28?,31-,33?,34+,36?,42?/m1/s1. The molecule has 0 saturated carbocycles. The predicted octanol–water partition coefficient (Wildman–Crippen LogP) is 9.80. The predicted molar refractivity (Wildman–Crippen MR) is 247 cm³/mol. The van der Waals surface area contributed by atoms with Crippen molar-refractivity contribution in [2.75, 3.05) is 37.0 Å². The summed E-state index contributed by atoms with van der Waals surface area (Å²) in [6.45, 7) is 21.3. The van der Waals surface area contributed by atoms with Crippen LogP contribution in [-0.2, 0) is 4.74 Å². The number of amides is 2. The molecule has 64 heavy (non-hydrogen) atoms. The summed E-state index contributed by atoms with van der Waals surface area (Å²) in [4.78, 5) is 45.9. The van der Waals surface area contributed by atoms with E-state index in [0.29, 0.717) is 69.4 Å². The molecule has 4 aliphatic heterocycles. The number of nitrogens with one attached hydrogen (secondary N) is 1. The van der Waals surface area contributed by atoms with Crippen molar-refractivity contribution in [3.8, 4) is 34.6 Å². The third-order valence-corrected chi connectivity index (χ3v) is 20.2. The Morgan fingerprint density at radius 1 is 1.03 bits per heavy atom. The van der Waals surface area contributed by atoms with Crippen molar-refractivity contribution in [3.63, 3.8) is 0 Å². The van der Waals surface area contributed by atoms with Crippen molar-refractivity contribution < 1.29 is 37.7 Å². The van der Waals surface area contributed by atoms with Crippen molar-refractivity contribution in [2.24, 2.45) is 0 Å². The highest BCUT2D eigenvalue weighted by Gasteiger charge is 2.53. The van der Waals surface area contributed by atoms with Gasteiger partial charge in [-0.1, -0.05) is 59.6 Å². The number of piperazine rings is 1. The fourth-order valence-electron chi connectivity index (χ4n) is 11.2. The van der Waals surface area contributed by atoms with Gasteiger partial charge >= 0.3 is 18.2 Å². The highest BCUT2D eigenvalue weighted by molar-refractivity contribution is 6.90. The minimum absolute atomic E-state index is 0.0711. The summed E-state index contributed by atoms with van der Waals surface area (Å²) in [6, 6.07) is 7.63. The van der Waals surface area contributed by atoms with Gasteiger partial charge in [0.15, 0.2) is 5.82 Å². The molecule has 8 rings (SSSR count). The van der Waals surface area contributed by atoms with Crippen molar-refractivity contribution in [3.05, 3.63) is 41.7 Å².